The van der Waals surface area contributed by atoms with Gasteiger partial charge < -0.3 is 15.0 Å². The van der Waals surface area contributed by atoms with Crippen molar-refractivity contribution >= 4 is 23.6 Å². The Morgan fingerprint density at radius 1 is 1.03 bits per heavy atom. The van der Waals surface area contributed by atoms with Crippen molar-refractivity contribution in [1.82, 2.24) is 10.2 Å². The van der Waals surface area contributed by atoms with E-state index in [9.17, 15) is 14.0 Å². The Bertz CT molecular complexity index is 825. The van der Waals surface area contributed by atoms with E-state index in [1.165, 1.54) is 23.9 Å². The molecule has 2 rings (SSSR count). The van der Waals surface area contributed by atoms with Gasteiger partial charge in [0.25, 0.3) is 0 Å². The molecule has 2 aromatic rings. The van der Waals surface area contributed by atoms with Gasteiger partial charge in [0.05, 0.1) is 12.9 Å². The normalized spacial score (nSPS) is 11.8. The van der Waals surface area contributed by atoms with E-state index in [2.05, 4.69) is 5.32 Å². The average molecular weight is 433 g/mol. The highest BCUT2D eigenvalue weighted by Crippen LogP contribution is 2.18. The zero-order chi connectivity index (χ0) is 22.1. The second-order valence-electron chi connectivity index (χ2n) is 7.33. The van der Waals surface area contributed by atoms with Crippen molar-refractivity contribution in [2.45, 2.75) is 45.2 Å². The molecule has 0 saturated heterocycles. The summed E-state index contributed by atoms with van der Waals surface area (Å²) in [5.41, 5.74) is 1.86. The highest BCUT2D eigenvalue weighted by Gasteiger charge is 2.26. The molecule has 0 saturated carbocycles. The van der Waals surface area contributed by atoms with Gasteiger partial charge in [-0.3, -0.25) is 9.59 Å². The van der Waals surface area contributed by atoms with Gasteiger partial charge >= 0.3 is 0 Å². The fourth-order valence-electron chi connectivity index (χ4n) is 2.84. The molecule has 30 heavy (non-hydrogen) atoms. The molecule has 0 bridgehead atoms. The van der Waals surface area contributed by atoms with Gasteiger partial charge in [-0.15, -0.1) is 11.8 Å². The summed E-state index contributed by atoms with van der Waals surface area (Å²) in [6.45, 7) is 5.84. The van der Waals surface area contributed by atoms with Crippen molar-refractivity contribution in [2.75, 3.05) is 12.9 Å². The fraction of sp³-hybridized carbons (Fsp3) is 0.391. The molecule has 5 nitrogen and oxygen atoms in total. The van der Waals surface area contributed by atoms with Crippen LogP contribution in [-0.2, 0) is 21.9 Å². The number of ether oxygens (including phenoxy) is 1. The van der Waals surface area contributed by atoms with Gasteiger partial charge in [0.15, 0.2) is 0 Å². The summed E-state index contributed by atoms with van der Waals surface area (Å²) in [6.07, 6.45) is 0. The summed E-state index contributed by atoms with van der Waals surface area (Å²) in [4.78, 5) is 27.1. The number of halogens is 1. The zero-order valence-corrected chi connectivity index (χ0v) is 18.7. The standard InChI is InChI=1S/C23H29FN2O3S/c1-16(2)25-23(28)17(3)26(13-18-7-11-21(29-4)12-8-18)22(27)15-30-14-19-5-9-20(24)10-6-19/h5-12,16-17H,13-15H2,1-4H3,(H,25,28)/t17-/m1/s1. The zero-order valence-electron chi connectivity index (χ0n) is 17.9. The number of benzene rings is 2. The van der Waals surface area contributed by atoms with Gasteiger partial charge in [-0.2, -0.15) is 0 Å². The van der Waals surface area contributed by atoms with E-state index < -0.39 is 6.04 Å². The summed E-state index contributed by atoms with van der Waals surface area (Å²) in [5.74, 6) is 0.967. The van der Waals surface area contributed by atoms with Crippen molar-refractivity contribution in [3.63, 3.8) is 0 Å². The molecule has 2 aromatic carbocycles. The maximum atomic E-state index is 13.0. The van der Waals surface area contributed by atoms with Gasteiger partial charge in [0.2, 0.25) is 11.8 Å². The molecule has 0 fully saturated rings. The lowest BCUT2D eigenvalue weighted by molar-refractivity contribution is -0.138. The lowest BCUT2D eigenvalue weighted by atomic mass is 10.1. The fourth-order valence-corrected chi connectivity index (χ4v) is 3.71. The minimum absolute atomic E-state index is 0.00857. The molecule has 2 amide bonds. The molecular weight excluding hydrogens is 403 g/mol. The first-order chi connectivity index (χ1) is 14.3. The van der Waals surface area contributed by atoms with Crippen LogP contribution >= 0.6 is 11.8 Å². The van der Waals surface area contributed by atoms with Crippen molar-refractivity contribution in [2.24, 2.45) is 0 Å². The lowest BCUT2D eigenvalue weighted by Crippen LogP contribution is -2.49. The van der Waals surface area contributed by atoms with Crippen LogP contribution in [0.2, 0.25) is 0 Å². The van der Waals surface area contributed by atoms with Crippen LogP contribution in [0.3, 0.4) is 0 Å². The second-order valence-corrected chi connectivity index (χ2v) is 8.31. The molecule has 0 aromatic heterocycles. The SMILES string of the molecule is COc1ccc(CN(C(=O)CSCc2ccc(F)cc2)[C@H](C)C(=O)NC(C)C)cc1. The quantitative estimate of drug-likeness (QED) is 0.616. The molecule has 1 atom stereocenters. The van der Waals surface area contributed by atoms with E-state index in [0.29, 0.717) is 12.3 Å². The Morgan fingerprint density at radius 3 is 2.20 bits per heavy atom. The van der Waals surface area contributed by atoms with Crippen LogP contribution in [0, 0.1) is 5.82 Å². The number of nitrogens with one attached hydrogen (secondary N) is 1. The van der Waals surface area contributed by atoms with E-state index in [4.69, 9.17) is 4.74 Å². The maximum Gasteiger partial charge on any atom is 0.242 e. The van der Waals surface area contributed by atoms with E-state index in [-0.39, 0.29) is 29.4 Å². The smallest absolute Gasteiger partial charge is 0.242 e. The molecule has 1 N–H and O–H groups in total. The van der Waals surface area contributed by atoms with Crippen molar-refractivity contribution < 1.29 is 18.7 Å². The van der Waals surface area contributed by atoms with Gasteiger partial charge in [-0.25, -0.2) is 4.39 Å². The predicted molar refractivity (Wildman–Crippen MR) is 119 cm³/mol. The topological polar surface area (TPSA) is 58.6 Å². The molecule has 162 valence electrons. The highest BCUT2D eigenvalue weighted by molar-refractivity contribution is 7.99. The van der Waals surface area contributed by atoms with Gasteiger partial charge in [0.1, 0.15) is 17.6 Å². The van der Waals surface area contributed by atoms with Crippen LogP contribution < -0.4 is 10.1 Å². The van der Waals surface area contributed by atoms with Crippen LogP contribution in [0.5, 0.6) is 5.75 Å². The second kappa shape index (κ2) is 11.6. The molecule has 0 aliphatic carbocycles. The predicted octanol–water partition coefficient (Wildman–Crippen LogP) is 4.01. The Balaban J connectivity index is 2.06. The van der Waals surface area contributed by atoms with Crippen molar-refractivity contribution in [3.8, 4) is 5.75 Å². The first kappa shape index (κ1) is 23.7. The largest absolute Gasteiger partial charge is 0.497 e. The Kier molecular flexibility index (Phi) is 9.17. The minimum atomic E-state index is -0.603. The molecule has 0 spiro atoms. The molecule has 0 heterocycles. The number of carbonyl (C=O) groups is 2. The van der Waals surface area contributed by atoms with Crippen LogP contribution in [0.15, 0.2) is 48.5 Å². The monoisotopic (exact) mass is 432 g/mol. The summed E-state index contributed by atoms with van der Waals surface area (Å²) < 4.78 is 18.2. The van der Waals surface area contributed by atoms with E-state index >= 15 is 0 Å². The summed E-state index contributed by atoms with van der Waals surface area (Å²) in [6, 6.07) is 13.1. The molecular formula is C23H29FN2O3S. The number of nitrogens with zero attached hydrogens (tertiary/aromatic N) is 1. The van der Waals surface area contributed by atoms with Crippen molar-refractivity contribution in [3.05, 3.63) is 65.5 Å². The van der Waals surface area contributed by atoms with Crippen LogP contribution in [0.25, 0.3) is 0 Å². The number of amides is 2. The first-order valence-corrected chi connectivity index (χ1v) is 11.0. The first-order valence-electron chi connectivity index (χ1n) is 9.85. The highest BCUT2D eigenvalue weighted by atomic mass is 32.2. The summed E-state index contributed by atoms with van der Waals surface area (Å²) in [5, 5.41) is 2.87. The molecule has 0 unspecified atom stereocenters. The maximum absolute atomic E-state index is 13.0. The molecule has 0 aliphatic rings. The van der Waals surface area contributed by atoms with Crippen LogP contribution in [-0.4, -0.2) is 41.7 Å². The number of hydrogen-bond donors (Lipinski definition) is 1. The number of hydrogen-bond acceptors (Lipinski definition) is 4. The summed E-state index contributed by atoms with van der Waals surface area (Å²) >= 11 is 1.44. The van der Waals surface area contributed by atoms with Crippen LogP contribution in [0.1, 0.15) is 31.9 Å². The number of carbonyl (C=O) groups excluding carboxylic acids is 2. The van der Waals surface area contributed by atoms with Gasteiger partial charge in [-0.1, -0.05) is 24.3 Å². The Hall–Kier alpha value is -2.54. The Labute approximate surface area is 182 Å². The molecule has 0 aliphatic heterocycles. The number of rotatable bonds is 10. The number of thioether (sulfide) groups is 1. The van der Waals surface area contributed by atoms with Crippen LogP contribution in [0.4, 0.5) is 4.39 Å². The van der Waals surface area contributed by atoms with E-state index in [1.807, 2.05) is 38.1 Å². The number of methoxy groups -OCH3 is 1. The third kappa shape index (κ3) is 7.37. The van der Waals surface area contributed by atoms with E-state index in [1.54, 1.807) is 31.1 Å². The average Bonchev–Trinajstić information content (AvgIpc) is 2.72. The third-order valence-corrected chi connectivity index (χ3v) is 5.51. The van der Waals surface area contributed by atoms with Gasteiger partial charge in [-0.05, 0) is 56.2 Å². The van der Waals surface area contributed by atoms with E-state index in [0.717, 1.165) is 16.9 Å². The third-order valence-electron chi connectivity index (χ3n) is 4.52. The van der Waals surface area contributed by atoms with Gasteiger partial charge in [0, 0.05) is 18.3 Å². The molecule has 0 radical (unpaired) electrons. The summed E-state index contributed by atoms with van der Waals surface area (Å²) in [7, 11) is 1.60. The Morgan fingerprint density at radius 2 is 1.63 bits per heavy atom. The van der Waals surface area contributed by atoms with Crippen molar-refractivity contribution in [1.29, 1.82) is 0 Å². The lowest BCUT2D eigenvalue weighted by Gasteiger charge is -2.29. The minimum Gasteiger partial charge on any atom is -0.497 e. The molecule has 7 heteroatoms.